The summed E-state index contributed by atoms with van der Waals surface area (Å²) in [5.41, 5.74) is 5.54. The summed E-state index contributed by atoms with van der Waals surface area (Å²) < 4.78 is 31.2. The first-order chi connectivity index (χ1) is 9.02. The Balaban J connectivity index is 2.15. The molecule has 0 bridgehead atoms. The first-order valence-corrected chi connectivity index (χ1v) is 6.05. The number of halogens is 2. The fourth-order valence-electron chi connectivity index (χ4n) is 2.31. The van der Waals surface area contributed by atoms with Gasteiger partial charge in [0, 0.05) is 37.9 Å². The molecule has 1 aromatic carbocycles. The van der Waals surface area contributed by atoms with Gasteiger partial charge < -0.3 is 15.4 Å². The van der Waals surface area contributed by atoms with Crippen LogP contribution in [0.15, 0.2) is 12.1 Å². The highest BCUT2D eigenvalue weighted by Gasteiger charge is 2.28. The van der Waals surface area contributed by atoms with E-state index in [-0.39, 0.29) is 23.1 Å². The Bertz CT molecular complexity index is 494. The number of nitrogens with two attached hydrogens (primary N) is 1. The van der Waals surface area contributed by atoms with Crippen LogP contribution in [0.25, 0.3) is 0 Å². The molecule has 0 saturated carbocycles. The molecule has 0 aromatic heterocycles. The van der Waals surface area contributed by atoms with E-state index in [1.165, 1.54) is 0 Å². The zero-order chi connectivity index (χ0) is 14.0. The average molecular weight is 270 g/mol. The first kappa shape index (κ1) is 13.7. The third kappa shape index (κ3) is 2.84. The fraction of sp³-hybridized carbons (Fsp3) is 0.462. The molecule has 1 aliphatic heterocycles. The number of anilines is 1. The van der Waals surface area contributed by atoms with Gasteiger partial charge >= 0.3 is 0 Å². The Kier molecular flexibility index (Phi) is 3.99. The fourth-order valence-corrected chi connectivity index (χ4v) is 2.31. The number of hydrogen-bond donors (Lipinski definition) is 1. The number of nitrogen functional groups attached to an aromatic ring is 1. The van der Waals surface area contributed by atoms with Gasteiger partial charge in [0.15, 0.2) is 11.6 Å². The maximum Gasteiger partial charge on any atom is 0.256 e. The summed E-state index contributed by atoms with van der Waals surface area (Å²) in [6, 6.07) is 1.70. The van der Waals surface area contributed by atoms with Crippen LogP contribution < -0.4 is 5.73 Å². The summed E-state index contributed by atoms with van der Waals surface area (Å²) in [5, 5.41) is 0. The molecule has 1 unspecified atom stereocenters. The number of carbonyl (C=O) groups excluding carboxylic acids is 1. The van der Waals surface area contributed by atoms with Gasteiger partial charge in [-0.1, -0.05) is 0 Å². The number of benzene rings is 1. The van der Waals surface area contributed by atoms with Crippen molar-refractivity contribution in [1.29, 1.82) is 0 Å². The zero-order valence-corrected chi connectivity index (χ0v) is 10.7. The second-order valence-corrected chi connectivity index (χ2v) is 4.71. The van der Waals surface area contributed by atoms with E-state index in [0.29, 0.717) is 19.7 Å². The minimum absolute atomic E-state index is 0.0111. The summed E-state index contributed by atoms with van der Waals surface area (Å²) in [6.07, 6.45) is 0.836. The smallest absolute Gasteiger partial charge is 0.256 e. The lowest BCUT2D eigenvalue weighted by Gasteiger charge is -2.17. The summed E-state index contributed by atoms with van der Waals surface area (Å²) in [4.78, 5) is 13.8. The van der Waals surface area contributed by atoms with Gasteiger partial charge in [0.05, 0.1) is 12.2 Å². The quantitative estimate of drug-likeness (QED) is 0.850. The van der Waals surface area contributed by atoms with Gasteiger partial charge in [-0.15, -0.1) is 0 Å². The number of carbonyl (C=O) groups is 1. The van der Waals surface area contributed by atoms with Crippen LogP contribution in [0.2, 0.25) is 0 Å². The molecule has 104 valence electrons. The predicted octanol–water partition coefficient (Wildman–Crippen LogP) is 1.66. The molecule has 4 nitrogen and oxygen atoms in total. The lowest BCUT2D eigenvalue weighted by atomic mass is 10.1. The molecule has 2 N–H and O–H groups in total. The molecule has 19 heavy (non-hydrogen) atoms. The maximum absolute atomic E-state index is 13.2. The molecule has 1 aromatic rings. The van der Waals surface area contributed by atoms with E-state index in [0.717, 1.165) is 18.6 Å². The zero-order valence-electron chi connectivity index (χ0n) is 10.7. The Morgan fingerprint density at radius 1 is 1.47 bits per heavy atom. The molecule has 0 spiro atoms. The molecular weight excluding hydrogens is 254 g/mol. The highest BCUT2D eigenvalue weighted by Crippen LogP contribution is 2.23. The minimum atomic E-state index is -1.06. The number of likely N-dealkylation sites (tertiary alicyclic amines) is 1. The van der Waals surface area contributed by atoms with E-state index < -0.39 is 11.6 Å². The van der Waals surface area contributed by atoms with Crippen molar-refractivity contribution in [2.45, 2.75) is 6.42 Å². The molecule has 1 amide bonds. The number of methoxy groups -OCH3 is 1. The Labute approximate surface area is 110 Å². The van der Waals surface area contributed by atoms with Crippen LogP contribution in [0.1, 0.15) is 16.8 Å². The molecule has 0 aliphatic carbocycles. The topological polar surface area (TPSA) is 55.6 Å². The highest BCUT2D eigenvalue weighted by atomic mass is 19.2. The molecule has 0 radical (unpaired) electrons. The van der Waals surface area contributed by atoms with E-state index in [1.54, 1.807) is 12.0 Å². The van der Waals surface area contributed by atoms with Crippen LogP contribution in [-0.4, -0.2) is 37.6 Å². The number of rotatable bonds is 3. The Hall–Kier alpha value is -1.69. The Morgan fingerprint density at radius 2 is 2.16 bits per heavy atom. The molecule has 1 fully saturated rings. The summed E-state index contributed by atoms with van der Waals surface area (Å²) >= 11 is 0. The predicted molar refractivity (Wildman–Crippen MR) is 66.7 cm³/mol. The van der Waals surface area contributed by atoms with E-state index >= 15 is 0 Å². The molecule has 2 rings (SSSR count). The van der Waals surface area contributed by atoms with Gasteiger partial charge in [0.25, 0.3) is 5.91 Å². The second kappa shape index (κ2) is 5.52. The molecule has 1 heterocycles. The number of amides is 1. The maximum atomic E-state index is 13.2. The van der Waals surface area contributed by atoms with Crippen molar-refractivity contribution in [3.05, 3.63) is 29.3 Å². The van der Waals surface area contributed by atoms with E-state index in [9.17, 15) is 13.6 Å². The van der Waals surface area contributed by atoms with Gasteiger partial charge in [0.2, 0.25) is 0 Å². The van der Waals surface area contributed by atoms with Crippen LogP contribution in [0, 0.1) is 17.6 Å². The van der Waals surface area contributed by atoms with Crippen molar-refractivity contribution < 1.29 is 18.3 Å². The van der Waals surface area contributed by atoms with Gasteiger partial charge in [-0.3, -0.25) is 4.79 Å². The molecule has 1 saturated heterocycles. The minimum Gasteiger partial charge on any atom is -0.398 e. The third-order valence-corrected chi connectivity index (χ3v) is 3.30. The average Bonchev–Trinajstić information content (AvgIpc) is 2.82. The summed E-state index contributed by atoms with van der Waals surface area (Å²) in [6.45, 7) is 1.70. The lowest BCUT2D eigenvalue weighted by molar-refractivity contribution is 0.0776. The van der Waals surface area contributed by atoms with Crippen molar-refractivity contribution in [1.82, 2.24) is 4.90 Å². The van der Waals surface area contributed by atoms with Crippen LogP contribution in [0.3, 0.4) is 0 Å². The summed E-state index contributed by atoms with van der Waals surface area (Å²) in [7, 11) is 1.61. The van der Waals surface area contributed by atoms with Crippen LogP contribution in [0.5, 0.6) is 0 Å². The number of hydrogen-bond acceptors (Lipinski definition) is 3. The Morgan fingerprint density at radius 3 is 2.84 bits per heavy atom. The third-order valence-electron chi connectivity index (χ3n) is 3.30. The van der Waals surface area contributed by atoms with Gasteiger partial charge in [-0.25, -0.2) is 8.78 Å². The first-order valence-electron chi connectivity index (χ1n) is 6.05. The van der Waals surface area contributed by atoms with Crippen molar-refractivity contribution in [3.63, 3.8) is 0 Å². The van der Waals surface area contributed by atoms with Crippen molar-refractivity contribution in [2.75, 3.05) is 32.5 Å². The van der Waals surface area contributed by atoms with Gasteiger partial charge in [-0.05, 0) is 12.5 Å². The van der Waals surface area contributed by atoms with E-state index in [1.807, 2.05) is 0 Å². The monoisotopic (exact) mass is 270 g/mol. The standard InChI is InChI=1S/C13H16F2N2O2/c1-19-7-8-2-3-17(6-8)13(18)9-4-10(14)11(15)5-12(9)16/h4-5,8H,2-3,6-7,16H2,1H3. The van der Waals surface area contributed by atoms with E-state index in [4.69, 9.17) is 10.5 Å². The highest BCUT2D eigenvalue weighted by molar-refractivity contribution is 5.99. The SMILES string of the molecule is COCC1CCN(C(=O)c2cc(F)c(F)cc2N)C1. The summed E-state index contributed by atoms with van der Waals surface area (Å²) in [5.74, 6) is -2.20. The molecule has 1 atom stereocenters. The molecular formula is C13H16F2N2O2. The molecule has 1 aliphatic rings. The van der Waals surface area contributed by atoms with Crippen molar-refractivity contribution in [3.8, 4) is 0 Å². The number of ether oxygens (including phenoxy) is 1. The van der Waals surface area contributed by atoms with Crippen molar-refractivity contribution in [2.24, 2.45) is 5.92 Å². The lowest BCUT2D eigenvalue weighted by Crippen LogP contribution is -2.30. The second-order valence-electron chi connectivity index (χ2n) is 4.71. The van der Waals surface area contributed by atoms with Gasteiger partial charge in [-0.2, -0.15) is 0 Å². The number of nitrogens with zero attached hydrogens (tertiary/aromatic N) is 1. The van der Waals surface area contributed by atoms with E-state index in [2.05, 4.69) is 0 Å². The van der Waals surface area contributed by atoms with Crippen LogP contribution in [-0.2, 0) is 4.74 Å². The van der Waals surface area contributed by atoms with Crippen LogP contribution >= 0.6 is 0 Å². The van der Waals surface area contributed by atoms with Gasteiger partial charge in [0.1, 0.15) is 0 Å². The van der Waals surface area contributed by atoms with Crippen LogP contribution in [0.4, 0.5) is 14.5 Å². The largest absolute Gasteiger partial charge is 0.398 e. The van der Waals surface area contributed by atoms with Crippen molar-refractivity contribution >= 4 is 11.6 Å². The normalized spacial score (nSPS) is 18.9. The molecule has 6 heteroatoms.